The average Bonchev–Trinajstić information content (AvgIpc) is 2.53. The summed E-state index contributed by atoms with van der Waals surface area (Å²) in [5.41, 5.74) is 1.40. The molecule has 0 heterocycles. The second-order valence-corrected chi connectivity index (χ2v) is 7.14. The van der Waals surface area contributed by atoms with Gasteiger partial charge in [0, 0.05) is 12.5 Å². The Morgan fingerprint density at radius 1 is 1.08 bits per heavy atom. The first-order valence-electron chi connectivity index (χ1n) is 8.16. The maximum atomic E-state index is 13.7. The van der Waals surface area contributed by atoms with Gasteiger partial charge in [-0.3, -0.25) is 4.79 Å². The van der Waals surface area contributed by atoms with Crippen LogP contribution in [0.3, 0.4) is 0 Å². The number of benzene rings is 2. The van der Waals surface area contributed by atoms with E-state index in [0.717, 1.165) is 23.3 Å². The molecule has 6 heteroatoms. The molecule has 0 radical (unpaired) electrons. The van der Waals surface area contributed by atoms with Crippen LogP contribution in [0.5, 0.6) is 0 Å². The number of halogens is 2. The Bertz CT molecular complexity index is 811. The molecule has 0 aliphatic rings. The van der Waals surface area contributed by atoms with Crippen molar-refractivity contribution in [3.05, 3.63) is 70.8 Å². The highest BCUT2D eigenvalue weighted by Crippen LogP contribution is 2.22. The minimum absolute atomic E-state index is 0.0287. The van der Waals surface area contributed by atoms with Gasteiger partial charge in [0.05, 0.1) is 5.56 Å². The standard InChI is InChI=1S/C20H21F2NO3/c1-20(2,3)13-6-4-12(5-7-13)10-17(19(25)26)23-18(24)15-9-8-14(21)11-16(15)22/h4-9,11,17H,10H2,1-3H3,(H,23,24)(H,25,26)/t17-/m0/s1. The minimum Gasteiger partial charge on any atom is -0.480 e. The van der Waals surface area contributed by atoms with Crippen LogP contribution < -0.4 is 5.32 Å². The molecule has 0 saturated carbocycles. The molecule has 0 unspecified atom stereocenters. The molecule has 138 valence electrons. The summed E-state index contributed by atoms with van der Waals surface area (Å²) >= 11 is 0. The van der Waals surface area contributed by atoms with Crippen LogP contribution >= 0.6 is 0 Å². The molecule has 4 nitrogen and oxygen atoms in total. The monoisotopic (exact) mass is 361 g/mol. The van der Waals surface area contributed by atoms with E-state index >= 15 is 0 Å². The van der Waals surface area contributed by atoms with Gasteiger partial charge < -0.3 is 10.4 Å². The fourth-order valence-electron chi connectivity index (χ4n) is 2.49. The van der Waals surface area contributed by atoms with Gasteiger partial charge in [0.25, 0.3) is 5.91 Å². The second-order valence-electron chi connectivity index (χ2n) is 7.14. The molecule has 1 amide bonds. The van der Waals surface area contributed by atoms with E-state index in [1.807, 2.05) is 12.1 Å². The minimum atomic E-state index is -1.24. The van der Waals surface area contributed by atoms with Gasteiger partial charge in [-0.2, -0.15) is 0 Å². The summed E-state index contributed by atoms with van der Waals surface area (Å²) in [7, 11) is 0. The molecule has 0 aliphatic carbocycles. The van der Waals surface area contributed by atoms with Crippen molar-refractivity contribution in [1.29, 1.82) is 0 Å². The number of hydrogen-bond donors (Lipinski definition) is 2. The van der Waals surface area contributed by atoms with E-state index in [0.29, 0.717) is 6.07 Å². The Labute approximate surface area is 150 Å². The number of nitrogens with one attached hydrogen (secondary N) is 1. The van der Waals surface area contributed by atoms with Crippen LogP contribution in [-0.2, 0) is 16.6 Å². The highest BCUT2D eigenvalue weighted by molar-refractivity contribution is 5.96. The lowest BCUT2D eigenvalue weighted by Gasteiger charge is -2.20. The number of rotatable bonds is 5. The fraction of sp³-hybridized carbons (Fsp3) is 0.300. The molecular formula is C20H21F2NO3. The van der Waals surface area contributed by atoms with E-state index < -0.39 is 35.1 Å². The van der Waals surface area contributed by atoms with Crippen LogP contribution in [-0.4, -0.2) is 23.0 Å². The third-order valence-corrected chi connectivity index (χ3v) is 4.04. The van der Waals surface area contributed by atoms with Crippen molar-refractivity contribution in [2.45, 2.75) is 38.6 Å². The fourth-order valence-corrected chi connectivity index (χ4v) is 2.49. The van der Waals surface area contributed by atoms with Crippen molar-refractivity contribution in [2.75, 3.05) is 0 Å². The smallest absolute Gasteiger partial charge is 0.326 e. The first-order valence-corrected chi connectivity index (χ1v) is 8.16. The first kappa shape index (κ1) is 19.6. The van der Waals surface area contributed by atoms with E-state index in [2.05, 4.69) is 26.1 Å². The van der Waals surface area contributed by atoms with E-state index in [-0.39, 0.29) is 11.8 Å². The lowest BCUT2D eigenvalue weighted by Crippen LogP contribution is -2.42. The second kappa shape index (κ2) is 7.64. The SMILES string of the molecule is CC(C)(C)c1ccc(C[C@H](NC(=O)c2ccc(F)cc2F)C(=O)O)cc1. The molecule has 0 saturated heterocycles. The maximum absolute atomic E-state index is 13.7. The molecule has 2 aromatic rings. The molecule has 0 bridgehead atoms. The predicted octanol–water partition coefficient (Wildman–Crippen LogP) is 3.69. The Hall–Kier alpha value is -2.76. The molecule has 0 spiro atoms. The Morgan fingerprint density at radius 3 is 2.19 bits per heavy atom. The zero-order chi connectivity index (χ0) is 19.5. The number of carbonyl (C=O) groups is 2. The maximum Gasteiger partial charge on any atom is 0.326 e. The number of amides is 1. The largest absolute Gasteiger partial charge is 0.480 e. The van der Waals surface area contributed by atoms with Crippen molar-refractivity contribution in [3.8, 4) is 0 Å². The van der Waals surface area contributed by atoms with Gasteiger partial charge in [0.15, 0.2) is 0 Å². The highest BCUT2D eigenvalue weighted by atomic mass is 19.1. The summed E-state index contributed by atoms with van der Waals surface area (Å²) in [6.07, 6.45) is 0.0499. The number of aliphatic carboxylic acids is 1. The summed E-state index contributed by atoms with van der Waals surface area (Å²) in [6, 6.07) is 8.71. The molecule has 2 rings (SSSR count). The zero-order valence-electron chi connectivity index (χ0n) is 14.8. The third kappa shape index (κ3) is 4.88. The van der Waals surface area contributed by atoms with Crippen LogP contribution in [0.15, 0.2) is 42.5 Å². The average molecular weight is 361 g/mol. The van der Waals surface area contributed by atoms with Gasteiger partial charge in [-0.15, -0.1) is 0 Å². The Balaban J connectivity index is 2.14. The number of hydrogen-bond acceptors (Lipinski definition) is 2. The van der Waals surface area contributed by atoms with Crippen LogP contribution in [0, 0.1) is 11.6 Å². The predicted molar refractivity (Wildman–Crippen MR) is 94.1 cm³/mol. The zero-order valence-corrected chi connectivity index (χ0v) is 14.8. The van der Waals surface area contributed by atoms with E-state index in [9.17, 15) is 23.5 Å². The van der Waals surface area contributed by atoms with Crippen molar-refractivity contribution < 1.29 is 23.5 Å². The van der Waals surface area contributed by atoms with Crippen molar-refractivity contribution in [1.82, 2.24) is 5.32 Å². The summed E-state index contributed by atoms with van der Waals surface area (Å²) in [5.74, 6) is -3.99. The molecule has 0 fully saturated rings. The lowest BCUT2D eigenvalue weighted by molar-refractivity contribution is -0.139. The van der Waals surface area contributed by atoms with Crippen LogP contribution in [0.1, 0.15) is 42.3 Å². The normalized spacial score (nSPS) is 12.5. The van der Waals surface area contributed by atoms with Gasteiger partial charge in [-0.05, 0) is 28.7 Å². The van der Waals surface area contributed by atoms with Gasteiger partial charge in [-0.1, -0.05) is 45.0 Å². The van der Waals surface area contributed by atoms with Crippen LogP contribution in [0.4, 0.5) is 8.78 Å². The quantitative estimate of drug-likeness (QED) is 0.854. The van der Waals surface area contributed by atoms with Crippen LogP contribution in [0.25, 0.3) is 0 Å². The number of carboxylic acid groups (broad SMARTS) is 1. The lowest BCUT2D eigenvalue weighted by atomic mass is 9.86. The molecular weight excluding hydrogens is 340 g/mol. The molecule has 0 aromatic heterocycles. The Kier molecular flexibility index (Phi) is 5.75. The number of carboxylic acids is 1. The van der Waals surface area contributed by atoms with E-state index in [1.165, 1.54) is 0 Å². The van der Waals surface area contributed by atoms with Gasteiger partial charge >= 0.3 is 5.97 Å². The van der Waals surface area contributed by atoms with Crippen LogP contribution in [0.2, 0.25) is 0 Å². The van der Waals surface area contributed by atoms with Gasteiger partial charge in [0.1, 0.15) is 17.7 Å². The summed E-state index contributed by atoms with van der Waals surface area (Å²) < 4.78 is 26.6. The Morgan fingerprint density at radius 2 is 1.69 bits per heavy atom. The van der Waals surface area contributed by atoms with E-state index in [4.69, 9.17) is 0 Å². The third-order valence-electron chi connectivity index (χ3n) is 4.04. The summed E-state index contributed by atoms with van der Waals surface area (Å²) in [5, 5.41) is 11.6. The topological polar surface area (TPSA) is 66.4 Å². The van der Waals surface area contributed by atoms with Gasteiger partial charge in [-0.25, -0.2) is 13.6 Å². The molecule has 2 N–H and O–H groups in total. The van der Waals surface area contributed by atoms with Crippen molar-refractivity contribution >= 4 is 11.9 Å². The van der Waals surface area contributed by atoms with Gasteiger partial charge in [0.2, 0.25) is 0 Å². The van der Waals surface area contributed by atoms with Crippen molar-refractivity contribution in [2.24, 2.45) is 0 Å². The first-order chi connectivity index (χ1) is 12.1. The number of carbonyl (C=O) groups excluding carboxylic acids is 1. The van der Waals surface area contributed by atoms with Crippen molar-refractivity contribution in [3.63, 3.8) is 0 Å². The molecule has 2 aromatic carbocycles. The summed E-state index contributed by atoms with van der Waals surface area (Å²) in [6.45, 7) is 6.21. The summed E-state index contributed by atoms with van der Waals surface area (Å²) in [4.78, 5) is 23.6. The molecule has 1 atom stereocenters. The molecule has 0 aliphatic heterocycles. The highest BCUT2D eigenvalue weighted by Gasteiger charge is 2.23. The molecule has 26 heavy (non-hydrogen) atoms. The van der Waals surface area contributed by atoms with E-state index in [1.54, 1.807) is 12.1 Å².